The first-order chi connectivity index (χ1) is 17.9. The molecule has 0 atom stereocenters. The zero-order valence-corrected chi connectivity index (χ0v) is 20.9. The number of aryl methyl sites for hydroxylation is 1. The van der Waals surface area contributed by atoms with Gasteiger partial charge in [-0.05, 0) is 36.2 Å². The molecule has 0 bridgehead atoms. The smallest absolute Gasteiger partial charge is 0.414 e. The summed E-state index contributed by atoms with van der Waals surface area (Å²) in [6.07, 6.45) is 0.951. The van der Waals surface area contributed by atoms with Crippen LogP contribution in [0, 0.1) is 6.92 Å². The molecule has 1 fully saturated rings. The molecule has 0 unspecified atom stereocenters. The van der Waals surface area contributed by atoms with Gasteiger partial charge in [-0.3, -0.25) is 4.90 Å². The summed E-state index contributed by atoms with van der Waals surface area (Å²) in [6.45, 7) is 7.47. The first-order valence-corrected chi connectivity index (χ1v) is 12.4. The van der Waals surface area contributed by atoms with Crippen molar-refractivity contribution < 1.29 is 29.1 Å². The summed E-state index contributed by atoms with van der Waals surface area (Å²) in [4.78, 5) is 31.8. The molecule has 0 radical (unpaired) electrons. The lowest BCUT2D eigenvalue weighted by atomic mass is 10.2. The minimum absolute atomic E-state index is 0.480. The normalized spacial score (nSPS) is 13.7. The quantitative estimate of drug-likeness (QED) is 0.269. The van der Waals surface area contributed by atoms with E-state index in [2.05, 4.69) is 49.2 Å². The van der Waals surface area contributed by atoms with Gasteiger partial charge < -0.3 is 24.4 Å². The van der Waals surface area contributed by atoms with Crippen LogP contribution in [0.25, 0.3) is 21.6 Å². The van der Waals surface area contributed by atoms with Gasteiger partial charge in [-0.1, -0.05) is 23.4 Å². The topological polar surface area (TPSA) is 155 Å². The van der Waals surface area contributed by atoms with Crippen LogP contribution < -0.4 is 9.64 Å². The van der Waals surface area contributed by atoms with Crippen LogP contribution in [0.3, 0.4) is 0 Å². The average molecular weight is 527 g/mol. The summed E-state index contributed by atoms with van der Waals surface area (Å²) in [5.74, 6) is -0.934. The molecule has 4 aromatic rings. The lowest BCUT2D eigenvalue weighted by Gasteiger charge is -2.35. The van der Waals surface area contributed by atoms with Crippen molar-refractivity contribution in [2.75, 3.05) is 44.2 Å². The number of pyridine rings is 1. The van der Waals surface area contributed by atoms with Crippen LogP contribution >= 0.6 is 11.5 Å². The van der Waals surface area contributed by atoms with Crippen molar-refractivity contribution in [1.82, 2.24) is 24.4 Å². The predicted molar refractivity (Wildman–Crippen MR) is 136 cm³/mol. The molecule has 37 heavy (non-hydrogen) atoms. The van der Waals surface area contributed by atoms with Gasteiger partial charge in [0, 0.05) is 51.1 Å². The van der Waals surface area contributed by atoms with Crippen molar-refractivity contribution in [1.29, 1.82) is 0 Å². The molecular weight excluding hydrogens is 500 g/mol. The SMILES string of the molecule is Cc1nc(-c2cccc(OCCCN3CCN(c4nsc5ccccc45)CC3)n2)no1.O=C(O)C(=O)O. The van der Waals surface area contributed by atoms with Gasteiger partial charge in [0.15, 0.2) is 0 Å². The largest absolute Gasteiger partial charge is 0.478 e. The molecule has 4 heterocycles. The molecule has 13 heteroatoms. The third kappa shape index (κ3) is 6.98. The summed E-state index contributed by atoms with van der Waals surface area (Å²) in [6, 6.07) is 14.1. The number of nitrogens with zero attached hydrogens (tertiary/aromatic N) is 6. The molecule has 0 spiro atoms. The molecular formula is C24H26N6O6S. The summed E-state index contributed by atoms with van der Waals surface area (Å²) in [5.41, 5.74) is 0.653. The van der Waals surface area contributed by atoms with E-state index in [4.69, 9.17) is 33.4 Å². The molecule has 1 aromatic carbocycles. The molecule has 0 amide bonds. The van der Waals surface area contributed by atoms with E-state index < -0.39 is 11.9 Å². The van der Waals surface area contributed by atoms with Gasteiger partial charge in [0.2, 0.25) is 17.6 Å². The van der Waals surface area contributed by atoms with Crippen LogP contribution in [0.5, 0.6) is 5.88 Å². The number of fused-ring (bicyclic) bond motifs is 1. The minimum Gasteiger partial charge on any atom is -0.478 e. The molecule has 5 rings (SSSR count). The summed E-state index contributed by atoms with van der Waals surface area (Å²) in [7, 11) is 0. The first kappa shape index (κ1) is 26.0. The highest BCUT2D eigenvalue weighted by Gasteiger charge is 2.20. The van der Waals surface area contributed by atoms with Crippen LogP contribution in [0.2, 0.25) is 0 Å². The third-order valence-electron chi connectivity index (χ3n) is 5.56. The van der Waals surface area contributed by atoms with Crippen LogP contribution in [-0.2, 0) is 9.59 Å². The Labute approximate surface area is 216 Å². The van der Waals surface area contributed by atoms with Crippen molar-refractivity contribution in [2.45, 2.75) is 13.3 Å². The Balaban J connectivity index is 0.000000480. The Morgan fingerprint density at radius 3 is 2.49 bits per heavy atom. The van der Waals surface area contributed by atoms with E-state index in [1.807, 2.05) is 18.2 Å². The number of carboxylic acid groups (broad SMARTS) is 2. The zero-order valence-electron chi connectivity index (χ0n) is 20.1. The second-order valence-corrected chi connectivity index (χ2v) is 8.95. The fourth-order valence-corrected chi connectivity index (χ4v) is 4.57. The lowest BCUT2D eigenvalue weighted by molar-refractivity contribution is -0.159. The number of hydrogen-bond acceptors (Lipinski definition) is 11. The Kier molecular flexibility index (Phi) is 8.59. The molecule has 2 N–H and O–H groups in total. The number of hydrogen-bond donors (Lipinski definition) is 2. The molecule has 1 aliphatic heterocycles. The molecule has 3 aromatic heterocycles. The number of benzene rings is 1. The number of anilines is 1. The average Bonchev–Trinajstić information content (AvgIpc) is 3.54. The Morgan fingerprint density at radius 2 is 1.78 bits per heavy atom. The van der Waals surface area contributed by atoms with Gasteiger partial charge in [0.25, 0.3) is 0 Å². The van der Waals surface area contributed by atoms with Crippen molar-refractivity contribution in [3.63, 3.8) is 0 Å². The van der Waals surface area contributed by atoms with Crippen LogP contribution in [0.15, 0.2) is 47.0 Å². The maximum absolute atomic E-state index is 9.10. The Hall–Kier alpha value is -4.10. The lowest BCUT2D eigenvalue weighted by Crippen LogP contribution is -2.47. The highest BCUT2D eigenvalue weighted by Crippen LogP contribution is 2.29. The highest BCUT2D eigenvalue weighted by atomic mass is 32.1. The van der Waals surface area contributed by atoms with E-state index in [9.17, 15) is 0 Å². The van der Waals surface area contributed by atoms with Crippen molar-refractivity contribution in [3.05, 3.63) is 48.4 Å². The minimum atomic E-state index is -1.82. The van der Waals surface area contributed by atoms with Gasteiger partial charge in [-0.15, -0.1) is 0 Å². The molecule has 1 aliphatic rings. The fourth-order valence-electron chi connectivity index (χ4n) is 3.77. The molecule has 1 saturated heterocycles. The summed E-state index contributed by atoms with van der Waals surface area (Å²) >= 11 is 1.58. The number of aromatic nitrogens is 4. The van der Waals surface area contributed by atoms with Crippen LogP contribution in [0.4, 0.5) is 5.82 Å². The van der Waals surface area contributed by atoms with Crippen LogP contribution in [0.1, 0.15) is 12.3 Å². The van der Waals surface area contributed by atoms with Gasteiger partial charge in [-0.2, -0.15) is 9.36 Å². The first-order valence-electron chi connectivity index (χ1n) is 11.6. The number of ether oxygens (including phenoxy) is 1. The van der Waals surface area contributed by atoms with Crippen molar-refractivity contribution in [2.24, 2.45) is 0 Å². The summed E-state index contributed by atoms with van der Waals surface area (Å²) < 4.78 is 16.8. The number of rotatable bonds is 7. The number of aliphatic carboxylic acids is 2. The van der Waals surface area contributed by atoms with E-state index in [0.717, 1.165) is 45.0 Å². The molecule has 0 aliphatic carbocycles. The maximum Gasteiger partial charge on any atom is 0.414 e. The van der Waals surface area contributed by atoms with Gasteiger partial charge in [0.1, 0.15) is 11.5 Å². The van der Waals surface area contributed by atoms with E-state index >= 15 is 0 Å². The van der Waals surface area contributed by atoms with E-state index in [1.54, 1.807) is 18.5 Å². The predicted octanol–water partition coefficient (Wildman–Crippen LogP) is 2.80. The van der Waals surface area contributed by atoms with E-state index in [0.29, 0.717) is 29.9 Å². The number of carboxylic acids is 2. The van der Waals surface area contributed by atoms with Crippen molar-refractivity contribution in [3.8, 4) is 17.4 Å². The van der Waals surface area contributed by atoms with Gasteiger partial charge >= 0.3 is 11.9 Å². The second kappa shape index (κ2) is 12.2. The molecule has 194 valence electrons. The van der Waals surface area contributed by atoms with Gasteiger partial charge in [0.05, 0.1) is 11.3 Å². The highest BCUT2D eigenvalue weighted by molar-refractivity contribution is 7.13. The number of carbonyl (C=O) groups is 2. The standard InChI is InChI=1S/C22H24N6O2S.C2H2O4/c1-16-23-21(25-30-16)18-7-4-9-20(24-18)29-15-5-10-27-11-13-28(14-12-27)22-17-6-2-3-8-19(17)31-26-22;3-1(4)2(5)6/h2-4,6-9H,5,10-15H2,1H3;(H,3,4)(H,5,6). The molecule has 12 nitrogen and oxygen atoms in total. The monoisotopic (exact) mass is 526 g/mol. The number of piperazine rings is 1. The maximum atomic E-state index is 9.10. The molecule has 0 saturated carbocycles. The van der Waals surface area contributed by atoms with Crippen LogP contribution in [-0.4, -0.2) is 85.9 Å². The third-order valence-corrected chi connectivity index (χ3v) is 6.38. The van der Waals surface area contributed by atoms with E-state index in [-0.39, 0.29) is 0 Å². The van der Waals surface area contributed by atoms with Gasteiger partial charge in [-0.25, -0.2) is 14.6 Å². The Morgan fingerprint density at radius 1 is 1.03 bits per heavy atom. The second-order valence-electron chi connectivity index (χ2n) is 8.14. The fraction of sp³-hybridized carbons (Fsp3) is 0.333. The van der Waals surface area contributed by atoms with E-state index in [1.165, 1.54) is 10.1 Å². The zero-order chi connectivity index (χ0) is 26.2. The Bertz CT molecular complexity index is 1340. The van der Waals surface area contributed by atoms with Crippen molar-refractivity contribution >= 4 is 39.4 Å². The summed E-state index contributed by atoms with van der Waals surface area (Å²) in [5, 5.41) is 20.0.